The van der Waals surface area contributed by atoms with E-state index in [0.717, 1.165) is 13.0 Å². The molecule has 0 spiro atoms. The van der Waals surface area contributed by atoms with E-state index < -0.39 is 0 Å². The normalized spacial score (nSPS) is 36.9. The van der Waals surface area contributed by atoms with Gasteiger partial charge in [0.1, 0.15) is 0 Å². The number of ether oxygens (including phenoxy) is 1. The van der Waals surface area contributed by atoms with Crippen LogP contribution in [0.1, 0.15) is 20.3 Å². The van der Waals surface area contributed by atoms with Gasteiger partial charge in [-0.15, -0.1) is 0 Å². The van der Waals surface area contributed by atoms with Crippen LogP contribution in [0, 0.1) is 5.92 Å². The van der Waals surface area contributed by atoms with Gasteiger partial charge in [0.2, 0.25) is 0 Å². The first-order chi connectivity index (χ1) is 4.22. The quantitative estimate of drug-likeness (QED) is 0.451. The Bertz CT molecular complexity index is 106. The van der Waals surface area contributed by atoms with E-state index in [-0.39, 0.29) is 6.10 Å². The molecule has 0 aromatic rings. The first-order valence-electron chi connectivity index (χ1n) is 3.52. The lowest BCUT2D eigenvalue weighted by Gasteiger charge is -2.27. The molecule has 0 aliphatic carbocycles. The molecule has 1 aliphatic rings. The molecule has 2 atom stereocenters. The number of hydrogen-bond acceptors (Lipinski definition) is 1. The third-order valence-electron chi connectivity index (χ3n) is 2.07. The summed E-state index contributed by atoms with van der Waals surface area (Å²) in [5, 5.41) is 0. The van der Waals surface area contributed by atoms with Crippen LogP contribution in [0.2, 0.25) is 0 Å². The molecule has 0 aromatic carbocycles. The minimum Gasteiger partial charge on any atom is -0.374 e. The Kier molecular flexibility index (Phi) is 1.91. The standard InChI is InChI=1S/C8H14O/c1-6-4-5-9-8(3)7(6)2/h6,8H,2,4-5H2,1,3H3/t6-,8-/m1/s1. The molecule has 0 N–H and O–H groups in total. The molecule has 9 heavy (non-hydrogen) atoms. The van der Waals surface area contributed by atoms with Gasteiger partial charge >= 0.3 is 0 Å². The summed E-state index contributed by atoms with van der Waals surface area (Å²) in [5.41, 5.74) is 1.25. The zero-order chi connectivity index (χ0) is 6.85. The first-order valence-corrected chi connectivity index (χ1v) is 3.52. The van der Waals surface area contributed by atoms with Gasteiger partial charge in [0.05, 0.1) is 6.10 Å². The summed E-state index contributed by atoms with van der Waals surface area (Å²) in [7, 11) is 0. The maximum absolute atomic E-state index is 5.36. The first kappa shape index (κ1) is 6.81. The predicted molar refractivity (Wildman–Crippen MR) is 38.3 cm³/mol. The van der Waals surface area contributed by atoms with Crippen LogP contribution in [-0.2, 0) is 4.74 Å². The lowest BCUT2D eigenvalue weighted by molar-refractivity contribution is 0.0494. The maximum Gasteiger partial charge on any atom is 0.0756 e. The van der Waals surface area contributed by atoms with Crippen LogP contribution < -0.4 is 0 Å². The summed E-state index contributed by atoms with van der Waals surface area (Å²) >= 11 is 0. The molecule has 1 heterocycles. The molecule has 52 valence electrons. The Morgan fingerprint density at radius 2 is 2.22 bits per heavy atom. The molecule has 1 rings (SSSR count). The molecule has 0 saturated carbocycles. The Balaban J connectivity index is 2.52. The summed E-state index contributed by atoms with van der Waals surface area (Å²) in [6, 6.07) is 0. The molecular formula is C8H14O. The van der Waals surface area contributed by atoms with Gasteiger partial charge in [-0.2, -0.15) is 0 Å². The molecular weight excluding hydrogens is 112 g/mol. The molecule has 0 unspecified atom stereocenters. The van der Waals surface area contributed by atoms with Crippen molar-refractivity contribution in [3.63, 3.8) is 0 Å². The van der Waals surface area contributed by atoms with Crippen molar-refractivity contribution in [2.75, 3.05) is 6.61 Å². The fourth-order valence-corrected chi connectivity index (χ4v) is 1.11. The van der Waals surface area contributed by atoms with Gasteiger partial charge in [-0.3, -0.25) is 0 Å². The summed E-state index contributed by atoms with van der Waals surface area (Å²) in [5.74, 6) is 0.661. The summed E-state index contributed by atoms with van der Waals surface area (Å²) in [4.78, 5) is 0. The minimum atomic E-state index is 0.286. The molecule has 1 fully saturated rings. The van der Waals surface area contributed by atoms with Gasteiger partial charge in [0.25, 0.3) is 0 Å². The summed E-state index contributed by atoms with van der Waals surface area (Å²) in [6.07, 6.45) is 1.43. The van der Waals surface area contributed by atoms with Crippen molar-refractivity contribution in [3.05, 3.63) is 12.2 Å². The zero-order valence-corrected chi connectivity index (χ0v) is 6.18. The lowest BCUT2D eigenvalue weighted by atomic mass is 9.93. The molecule has 1 saturated heterocycles. The second-order valence-electron chi connectivity index (χ2n) is 2.78. The van der Waals surface area contributed by atoms with Crippen LogP contribution >= 0.6 is 0 Å². The molecule has 0 amide bonds. The average molecular weight is 126 g/mol. The van der Waals surface area contributed by atoms with Gasteiger partial charge in [-0.1, -0.05) is 13.5 Å². The van der Waals surface area contributed by atoms with E-state index in [1.54, 1.807) is 0 Å². The molecule has 0 aromatic heterocycles. The molecule has 0 bridgehead atoms. The van der Waals surface area contributed by atoms with Crippen LogP contribution in [0.3, 0.4) is 0 Å². The maximum atomic E-state index is 5.36. The van der Waals surface area contributed by atoms with E-state index in [4.69, 9.17) is 4.74 Å². The van der Waals surface area contributed by atoms with Crippen LogP contribution in [0.5, 0.6) is 0 Å². The van der Waals surface area contributed by atoms with Crippen LogP contribution in [0.15, 0.2) is 12.2 Å². The fourth-order valence-electron chi connectivity index (χ4n) is 1.11. The Hall–Kier alpha value is -0.300. The lowest BCUT2D eigenvalue weighted by Crippen LogP contribution is -2.23. The highest BCUT2D eigenvalue weighted by molar-refractivity contribution is 5.06. The van der Waals surface area contributed by atoms with E-state index in [9.17, 15) is 0 Å². The number of hydrogen-bond donors (Lipinski definition) is 0. The molecule has 1 nitrogen and oxygen atoms in total. The number of rotatable bonds is 0. The van der Waals surface area contributed by atoms with E-state index in [2.05, 4.69) is 20.4 Å². The van der Waals surface area contributed by atoms with Gasteiger partial charge in [-0.05, 0) is 24.8 Å². The predicted octanol–water partition coefficient (Wildman–Crippen LogP) is 1.99. The van der Waals surface area contributed by atoms with Crippen LogP contribution in [-0.4, -0.2) is 12.7 Å². The van der Waals surface area contributed by atoms with Gasteiger partial charge in [0.15, 0.2) is 0 Å². The topological polar surface area (TPSA) is 9.23 Å². The van der Waals surface area contributed by atoms with E-state index in [0.29, 0.717) is 5.92 Å². The van der Waals surface area contributed by atoms with Gasteiger partial charge in [-0.25, -0.2) is 0 Å². The SMILES string of the molecule is C=C1[C@H](C)CCO[C@@H]1C. The van der Waals surface area contributed by atoms with Crippen molar-refractivity contribution in [3.8, 4) is 0 Å². The van der Waals surface area contributed by atoms with Crippen molar-refractivity contribution >= 4 is 0 Å². The van der Waals surface area contributed by atoms with E-state index in [1.165, 1.54) is 5.57 Å². The second-order valence-corrected chi connectivity index (χ2v) is 2.78. The van der Waals surface area contributed by atoms with Crippen molar-refractivity contribution in [1.82, 2.24) is 0 Å². The zero-order valence-electron chi connectivity index (χ0n) is 6.18. The largest absolute Gasteiger partial charge is 0.374 e. The minimum absolute atomic E-state index is 0.286. The molecule has 0 radical (unpaired) electrons. The van der Waals surface area contributed by atoms with E-state index in [1.807, 2.05) is 0 Å². The highest BCUT2D eigenvalue weighted by Crippen LogP contribution is 2.23. The van der Waals surface area contributed by atoms with Gasteiger partial charge < -0.3 is 4.74 Å². The van der Waals surface area contributed by atoms with Crippen molar-refractivity contribution in [2.24, 2.45) is 5.92 Å². The van der Waals surface area contributed by atoms with E-state index >= 15 is 0 Å². The monoisotopic (exact) mass is 126 g/mol. The Morgan fingerprint density at radius 3 is 2.67 bits per heavy atom. The highest BCUT2D eigenvalue weighted by atomic mass is 16.5. The fraction of sp³-hybridized carbons (Fsp3) is 0.750. The third kappa shape index (κ3) is 1.33. The van der Waals surface area contributed by atoms with Crippen LogP contribution in [0.4, 0.5) is 0 Å². The average Bonchev–Trinajstić information content (AvgIpc) is 1.83. The van der Waals surface area contributed by atoms with Gasteiger partial charge in [0, 0.05) is 6.61 Å². The molecule has 1 heteroatoms. The van der Waals surface area contributed by atoms with Crippen molar-refractivity contribution in [2.45, 2.75) is 26.4 Å². The summed E-state index contributed by atoms with van der Waals surface area (Å²) < 4.78 is 5.36. The van der Waals surface area contributed by atoms with Crippen LogP contribution in [0.25, 0.3) is 0 Å². The smallest absolute Gasteiger partial charge is 0.0756 e. The third-order valence-corrected chi connectivity index (χ3v) is 2.07. The highest BCUT2D eigenvalue weighted by Gasteiger charge is 2.18. The Morgan fingerprint density at radius 1 is 1.56 bits per heavy atom. The second kappa shape index (κ2) is 2.53. The summed E-state index contributed by atoms with van der Waals surface area (Å²) in [6.45, 7) is 9.13. The van der Waals surface area contributed by atoms with Crippen molar-refractivity contribution < 1.29 is 4.74 Å². The Labute approximate surface area is 56.7 Å². The van der Waals surface area contributed by atoms with Crippen molar-refractivity contribution in [1.29, 1.82) is 0 Å². The molecule has 1 aliphatic heterocycles.